The van der Waals surface area contributed by atoms with E-state index in [2.05, 4.69) is 28.7 Å². The predicted octanol–water partition coefficient (Wildman–Crippen LogP) is 3.20. The number of imidazole rings is 1. The van der Waals surface area contributed by atoms with Crippen molar-refractivity contribution in [3.63, 3.8) is 0 Å². The summed E-state index contributed by atoms with van der Waals surface area (Å²) in [6.07, 6.45) is 6.25. The van der Waals surface area contributed by atoms with Gasteiger partial charge in [-0.3, -0.25) is 0 Å². The molecule has 0 bridgehead atoms. The number of piperidine rings is 1. The van der Waals surface area contributed by atoms with E-state index in [1.807, 2.05) is 24.5 Å². The molecule has 0 aliphatic carbocycles. The average Bonchev–Trinajstić information content (AvgIpc) is 3.10. The number of nitrogens with zero attached hydrogens (tertiary/aromatic N) is 5. The van der Waals surface area contributed by atoms with Crippen LogP contribution in [0.3, 0.4) is 0 Å². The lowest BCUT2D eigenvalue weighted by atomic mass is 10.0. The van der Waals surface area contributed by atoms with Crippen LogP contribution in [0.1, 0.15) is 40.0 Å². The zero-order chi connectivity index (χ0) is 20.0. The Morgan fingerprint density at radius 1 is 1.18 bits per heavy atom. The first-order valence-corrected chi connectivity index (χ1v) is 10.3. The molecule has 1 N–H and O–H groups in total. The summed E-state index contributed by atoms with van der Waals surface area (Å²) >= 11 is 0. The van der Waals surface area contributed by atoms with Crippen molar-refractivity contribution in [2.24, 2.45) is 0 Å². The molecule has 8 nitrogen and oxygen atoms in total. The Kier molecular flexibility index (Phi) is 6.85. The van der Waals surface area contributed by atoms with Gasteiger partial charge in [-0.2, -0.15) is 9.97 Å². The second kappa shape index (κ2) is 9.34. The van der Waals surface area contributed by atoms with Crippen LogP contribution in [0.15, 0.2) is 19.0 Å². The smallest absolute Gasteiger partial charge is 0.229 e. The van der Waals surface area contributed by atoms with Crippen LogP contribution < -0.4 is 10.2 Å². The molecule has 2 aromatic rings. The molecule has 1 saturated heterocycles. The maximum Gasteiger partial charge on any atom is 0.229 e. The van der Waals surface area contributed by atoms with Crippen LogP contribution in [-0.4, -0.2) is 58.2 Å². The fourth-order valence-electron chi connectivity index (χ4n) is 3.62. The third-order valence-electron chi connectivity index (χ3n) is 4.94. The molecular formula is C20H32N6O2. The van der Waals surface area contributed by atoms with Crippen molar-refractivity contribution in [2.75, 3.05) is 43.1 Å². The van der Waals surface area contributed by atoms with Gasteiger partial charge in [-0.1, -0.05) is 13.0 Å². The normalized spacial score (nSPS) is 16.5. The molecule has 0 spiro atoms. The minimum Gasteiger partial charge on any atom is -0.368 e. The fourth-order valence-corrected chi connectivity index (χ4v) is 3.62. The van der Waals surface area contributed by atoms with Crippen LogP contribution in [0, 0.1) is 0 Å². The molecular weight excluding hydrogens is 356 g/mol. The zero-order valence-corrected chi connectivity index (χ0v) is 17.3. The Morgan fingerprint density at radius 2 is 1.89 bits per heavy atom. The van der Waals surface area contributed by atoms with E-state index >= 15 is 0 Å². The summed E-state index contributed by atoms with van der Waals surface area (Å²) in [6, 6.07) is 0. The Morgan fingerprint density at radius 3 is 2.50 bits per heavy atom. The van der Waals surface area contributed by atoms with Crippen molar-refractivity contribution in [2.45, 2.75) is 52.4 Å². The summed E-state index contributed by atoms with van der Waals surface area (Å²) in [7, 11) is 0. The van der Waals surface area contributed by atoms with Crippen molar-refractivity contribution in [1.29, 1.82) is 0 Å². The Hall–Kier alpha value is -2.19. The first-order chi connectivity index (χ1) is 13.7. The molecule has 0 radical (unpaired) electrons. The Balaban J connectivity index is 1.88. The minimum atomic E-state index is -0.488. The number of nitrogens with one attached hydrogen (secondary N) is 1. The van der Waals surface area contributed by atoms with Gasteiger partial charge in [0.15, 0.2) is 22.8 Å². The van der Waals surface area contributed by atoms with E-state index in [0.29, 0.717) is 19.8 Å². The highest BCUT2D eigenvalue weighted by molar-refractivity contribution is 5.84. The lowest BCUT2D eigenvalue weighted by Crippen LogP contribution is -2.48. The van der Waals surface area contributed by atoms with Gasteiger partial charge in [-0.15, -0.1) is 6.58 Å². The van der Waals surface area contributed by atoms with E-state index in [0.717, 1.165) is 61.8 Å². The van der Waals surface area contributed by atoms with Crippen molar-refractivity contribution < 1.29 is 9.47 Å². The van der Waals surface area contributed by atoms with Gasteiger partial charge >= 0.3 is 0 Å². The number of hydrogen-bond donors (Lipinski definition) is 1. The number of aromatic nitrogens is 4. The number of anilines is 2. The molecule has 0 atom stereocenters. The maximum atomic E-state index is 5.95. The predicted molar refractivity (Wildman–Crippen MR) is 112 cm³/mol. The minimum absolute atomic E-state index is 0.488. The van der Waals surface area contributed by atoms with Gasteiger partial charge in [-0.25, -0.2) is 4.98 Å². The fraction of sp³-hybridized carbons (Fsp3) is 0.650. The average molecular weight is 389 g/mol. The van der Waals surface area contributed by atoms with E-state index in [9.17, 15) is 0 Å². The SMILES string of the molecule is C=CCn1cnc2c(NCCC)nc(N3CCC(OCC)(OCC)CC3)nc21. The van der Waals surface area contributed by atoms with Crippen LogP contribution in [0.4, 0.5) is 11.8 Å². The van der Waals surface area contributed by atoms with Crippen molar-refractivity contribution in [3.05, 3.63) is 19.0 Å². The first-order valence-electron chi connectivity index (χ1n) is 10.3. The second-order valence-corrected chi connectivity index (χ2v) is 6.92. The number of allylic oxidation sites excluding steroid dienone is 1. The first kappa shape index (κ1) is 20.5. The molecule has 2 aromatic heterocycles. The largest absolute Gasteiger partial charge is 0.368 e. The van der Waals surface area contributed by atoms with E-state index in [4.69, 9.17) is 19.4 Å². The Bertz CT molecular complexity index is 774. The highest BCUT2D eigenvalue weighted by Crippen LogP contribution is 2.31. The third kappa shape index (κ3) is 4.28. The van der Waals surface area contributed by atoms with Crippen LogP contribution >= 0.6 is 0 Å². The van der Waals surface area contributed by atoms with Gasteiger partial charge in [0.2, 0.25) is 5.95 Å². The van der Waals surface area contributed by atoms with E-state index in [1.54, 1.807) is 6.33 Å². The summed E-state index contributed by atoms with van der Waals surface area (Å²) in [5.74, 6) is 1.02. The highest BCUT2D eigenvalue weighted by Gasteiger charge is 2.37. The monoisotopic (exact) mass is 388 g/mol. The van der Waals surface area contributed by atoms with Gasteiger partial charge in [0, 0.05) is 52.2 Å². The number of fused-ring (bicyclic) bond motifs is 1. The third-order valence-corrected chi connectivity index (χ3v) is 4.94. The molecule has 1 fully saturated rings. The van der Waals surface area contributed by atoms with Crippen molar-refractivity contribution in [1.82, 2.24) is 19.5 Å². The van der Waals surface area contributed by atoms with Crippen LogP contribution in [0.25, 0.3) is 11.2 Å². The van der Waals surface area contributed by atoms with Gasteiger partial charge in [0.1, 0.15) is 0 Å². The van der Waals surface area contributed by atoms with E-state index in [1.165, 1.54) is 0 Å². The van der Waals surface area contributed by atoms with Gasteiger partial charge in [0.05, 0.1) is 6.33 Å². The molecule has 1 aliphatic rings. The van der Waals surface area contributed by atoms with Crippen LogP contribution in [-0.2, 0) is 16.0 Å². The quantitative estimate of drug-likeness (QED) is 0.495. The summed E-state index contributed by atoms with van der Waals surface area (Å²) in [4.78, 5) is 16.4. The van der Waals surface area contributed by atoms with Crippen molar-refractivity contribution in [3.8, 4) is 0 Å². The van der Waals surface area contributed by atoms with Crippen LogP contribution in [0.2, 0.25) is 0 Å². The van der Waals surface area contributed by atoms with Gasteiger partial charge in [-0.05, 0) is 20.3 Å². The maximum absolute atomic E-state index is 5.95. The van der Waals surface area contributed by atoms with Crippen molar-refractivity contribution >= 4 is 22.9 Å². The molecule has 154 valence electrons. The lowest BCUT2D eigenvalue weighted by molar-refractivity contribution is -0.242. The summed E-state index contributed by atoms with van der Waals surface area (Å²) in [5, 5.41) is 3.40. The molecule has 1 aliphatic heterocycles. The molecule has 3 rings (SSSR count). The molecule has 8 heteroatoms. The topological polar surface area (TPSA) is 77.3 Å². The summed E-state index contributed by atoms with van der Waals surface area (Å²) in [6.45, 7) is 14.4. The molecule has 0 aromatic carbocycles. The standard InChI is InChI=1S/C20H32N6O2/c1-5-11-21-17-16-18(26(12-6-2)15-22-16)24-19(23-17)25-13-9-20(10-14-25,27-7-3)28-8-4/h6,15H,2,5,7-14H2,1,3-4H3,(H,21,23,24). The lowest BCUT2D eigenvalue weighted by Gasteiger charge is -2.41. The highest BCUT2D eigenvalue weighted by atomic mass is 16.7. The van der Waals surface area contributed by atoms with Gasteiger partial charge < -0.3 is 24.3 Å². The van der Waals surface area contributed by atoms with Gasteiger partial charge in [0.25, 0.3) is 0 Å². The summed E-state index contributed by atoms with van der Waals surface area (Å²) in [5.41, 5.74) is 1.63. The number of hydrogen-bond acceptors (Lipinski definition) is 7. The molecule has 3 heterocycles. The zero-order valence-electron chi connectivity index (χ0n) is 17.3. The number of ether oxygens (including phenoxy) is 2. The van der Waals surface area contributed by atoms with E-state index in [-0.39, 0.29) is 0 Å². The summed E-state index contributed by atoms with van der Waals surface area (Å²) < 4.78 is 13.9. The Labute approximate surface area is 167 Å². The molecule has 28 heavy (non-hydrogen) atoms. The van der Waals surface area contributed by atoms with E-state index < -0.39 is 5.79 Å². The molecule has 0 saturated carbocycles. The number of rotatable bonds is 10. The second-order valence-electron chi connectivity index (χ2n) is 6.92. The molecule has 0 amide bonds. The molecule has 0 unspecified atom stereocenters. The van der Waals surface area contributed by atoms with Crippen LogP contribution in [0.5, 0.6) is 0 Å².